The molecule has 0 bridgehead atoms. The summed E-state index contributed by atoms with van der Waals surface area (Å²) < 4.78 is 27.7. The van der Waals surface area contributed by atoms with E-state index in [0.29, 0.717) is 6.29 Å². The van der Waals surface area contributed by atoms with E-state index >= 15 is 0 Å². The first-order valence-corrected chi connectivity index (χ1v) is 7.99. The van der Waals surface area contributed by atoms with Crippen LogP contribution in [0.2, 0.25) is 0 Å². The molecule has 0 aliphatic rings. The Balaban J connectivity index is 2.40. The van der Waals surface area contributed by atoms with E-state index in [2.05, 4.69) is 4.72 Å². The molecular formula is C16H17NO3S. The van der Waals surface area contributed by atoms with Gasteiger partial charge in [-0.15, -0.1) is 0 Å². The zero-order chi connectivity index (χ0) is 15.5. The summed E-state index contributed by atoms with van der Waals surface area (Å²) in [5.41, 5.74) is 0.210. The van der Waals surface area contributed by atoms with Gasteiger partial charge in [0.2, 0.25) is 10.0 Å². The van der Waals surface area contributed by atoms with Gasteiger partial charge in [0.1, 0.15) is 0 Å². The predicted molar refractivity (Wildman–Crippen MR) is 81.6 cm³/mol. The fraction of sp³-hybridized carbons (Fsp3) is 0.188. The van der Waals surface area contributed by atoms with Crippen LogP contribution in [0, 0.1) is 0 Å². The second-order valence-electron chi connectivity index (χ2n) is 5.25. The lowest BCUT2D eigenvalue weighted by molar-refractivity contribution is 0.112. The average molecular weight is 309 g/mol. The molecular weight excluding hydrogens is 292 g/mol. The molecule has 0 radical (unpaired) electrons. The first-order valence-electron chi connectivity index (χ1n) is 6.50. The number of sulfonamides is 1. The van der Waals surface area contributed by atoms with Crippen LogP contribution in [0.5, 0.6) is 0 Å². The van der Waals surface area contributed by atoms with Crippen molar-refractivity contribution in [3.63, 3.8) is 0 Å². The minimum absolute atomic E-state index is 0.0102. The van der Waals surface area contributed by atoms with Gasteiger partial charge in [0.25, 0.3) is 0 Å². The molecule has 0 aliphatic heterocycles. The third kappa shape index (κ3) is 3.37. The predicted octanol–water partition coefficient (Wildman–Crippen LogP) is 2.71. The quantitative estimate of drug-likeness (QED) is 0.864. The Labute approximate surface area is 124 Å². The van der Waals surface area contributed by atoms with Gasteiger partial charge in [-0.3, -0.25) is 4.79 Å². The van der Waals surface area contributed by atoms with Gasteiger partial charge in [0, 0.05) is 5.56 Å². The summed E-state index contributed by atoms with van der Waals surface area (Å²) in [6.07, 6.45) is 0.546. The Morgan fingerprint density at radius 3 is 2.14 bits per heavy atom. The van der Waals surface area contributed by atoms with Crippen molar-refractivity contribution in [2.24, 2.45) is 0 Å². The van der Waals surface area contributed by atoms with E-state index in [0.717, 1.165) is 5.56 Å². The van der Waals surface area contributed by atoms with Crippen molar-refractivity contribution >= 4 is 16.3 Å². The highest BCUT2D eigenvalue weighted by molar-refractivity contribution is 7.89. The molecule has 0 saturated carbocycles. The Morgan fingerprint density at radius 1 is 0.952 bits per heavy atom. The number of benzene rings is 2. The highest BCUT2D eigenvalue weighted by Gasteiger charge is 2.28. The van der Waals surface area contributed by atoms with Crippen LogP contribution < -0.4 is 4.72 Å². The third-order valence-electron chi connectivity index (χ3n) is 3.22. The van der Waals surface area contributed by atoms with E-state index in [1.807, 2.05) is 30.3 Å². The first-order chi connectivity index (χ1) is 9.87. The molecule has 1 N–H and O–H groups in total. The maximum atomic E-state index is 12.5. The minimum atomic E-state index is -3.79. The van der Waals surface area contributed by atoms with Crippen molar-refractivity contribution in [3.8, 4) is 0 Å². The number of hydrogen-bond donors (Lipinski definition) is 1. The van der Waals surface area contributed by atoms with Crippen LogP contribution in [0.4, 0.5) is 0 Å². The normalized spacial score (nSPS) is 12.1. The molecule has 0 amide bonds. The minimum Gasteiger partial charge on any atom is -0.298 e. The van der Waals surface area contributed by atoms with Crippen LogP contribution in [0.1, 0.15) is 29.8 Å². The maximum absolute atomic E-state index is 12.5. The number of carbonyl (C=O) groups excluding carboxylic acids is 1. The fourth-order valence-electron chi connectivity index (χ4n) is 2.13. The summed E-state index contributed by atoms with van der Waals surface area (Å²) in [6.45, 7) is 3.56. The fourth-order valence-corrected chi connectivity index (χ4v) is 3.71. The lowest BCUT2D eigenvalue weighted by atomic mass is 9.96. The number of rotatable bonds is 5. The monoisotopic (exact) mass is 309 g/mol. The summed E-state index contributed by atoms with van der Waals surface area (Å²) in [5, 5.41) is 0. The van der Waals surface area contributed by atoms with Crippen LogP contribution in [-0.4, -0.2) is 14.7 Å². The Morgan fingerprint density at radius 2 is 1.52 bits per heavy atom. The first kappa shape index (κ1) is 15.4. The number of aldehydes is 1. The number of carbonyl (C=O) groups is 1. The summed E-state index contributed by atoms with van der Waals surface area (Å²) in [7, 11) is -3.79. The molecule has 4 nitrogen and oxygen atoms in total. The molecule has 2 rings (SSSR count). The standard InChI is InChI=1S/C16H17NO3S/c1-16(2,14-9-4-3-5-10-14)17-21(19,20)15-11-7-6-8-13(15)12-18/h3-12,17H,1-2H3/i6+1,7+1,8+1,11+1,13+1,15+1. The van der Waals surface area contributed by atoms with E-state index in [-0.39, 0.29) is 10.5 Å². The maximum Gasteiger partial charge on any atom is 0.242 e. The zero-order valence-corrected chi connectivity index (χ0v) is 12.7. The summed E-state index contributed by atoms with van der Waals surface area (Å²) in [5.74, 6) is 0. The van der Waals surface area contributed by atoms with Crippen molar-refractivity contribution < 1.29 is 13.2 Å². The number of hydrogen-bond acceptors (Lipinski definition) is 3. The summed E-state index contributed by atoms with van der Waals surface area (Å²) in [6, 6.07) is 15.4. The van der Waals surface area contributed by atoms with Gasteiger partial charge >= 0.3 is 0 Å². The largest absolute Gasteiger partial charge is 0.298 e. The molecule has 0 fully saturated rings. The van der Waals surface area contributed by atoms with Crippen LogP contribution in [0.15, 0.2) is 59.5 Å². The lowest BCUT2D eigenvalue weighted by Crippen LogP contribution is -2.41. The smallest absolute Gasteiger partial charge is 0.242 e. The second-order valence-corrected chi connectivity index (χ2v) is 6.90. The molecule has 0 aromatic heterocycles. The van der Waals surface area contributed by atoms with E-state index in [9.17, 15) is 13.2 Å². The van der Waals surface area contributed by atoms with Crippen LogP contribution in [0.25, 0.3) is 0 Å². The molecule has 21 heavy (non-hydrogen) atoms. The van der Waals surface area contributed by atoms with Gasteiger partial charge in [-0.1, -0.05) is 48.5 Å². The molecule has 110 valence electrons. The van der Waals surface area contributed by atoms with Crippen LogP contribution in [-0.2, 0) is 15.6 Å². The SMILES string of the molecule is CC(C)(NS(=O)(=O)[13c]1[13cH][13cH][13cH][13cH][13c]1C=O)c1ccccc1. The van der Waals surface area contributed by atoms with Gasteiger partial charge < -0.3 is 0 Å². The molecule has 2 aromatic rings. The van der Waals surface area contributed by atoms with Crippen molar-refractivity contribution in [1.29, 1.82) is 0 Å². The molecule has 2 aromatic carbocycles. The molecule has 0 atom stereocenters. The highest BCUT2D eigenvalue weighted by atomic mass is 32.2. The Kier molecular flexibility index (Phi) is 4.25. The van der Waals surface area contributed by atoms with Gasteiger partial charge in [0.15, 0.2) is 6.29 Å². The van der Waals surface area contributed by atoms with Crippen molar-refractivity contribution in [2.75, 3.05) is 0 Å². The van der Waals surface area contributed by atoms with Gasteiger partial charge in [-0.25, -0.2) is 13.1 Å². The molecule has 0 aliphatic carbocycles. The lowest BCUT2D eigenvalue weighted by Gasteiger charge is -2.26. The number of nitrogens with one attached hydrogen (secondary N) is 1. The summed E-state index contributed by atoms with van der Waals surface area (Å²) in [4.78, 5) is 11.0. The molecule has 0 unspecified atom stereocenters. The van der Waals surface area contributed by atoms with E-state index in [1.165, 1.54) is 12.1 Å². The zero-order valence-electron chi connectivity index (χ0n) is 11.9. The van der Waals surface area contributed by atoms with E-state index < -0.39 is 15.6 Å². The second kappa shape index (κ2) is 5.79. The Bertz CT molecular complexity index is 737. The topological polar surface area (TPSA) is 63.2 Å². The van der Waals surface area contributed by atoms with Crippen LogP contribution >= 0.6 is 0 Å². The van der Waals surface area contributed by atoms with Crippen LogP contribution in [0.3, 0.4) is 0 Å². The van der Waals surface area contributed by atoms with Gasteiger partial charge in [-0.2, -0.15) is 0 Å². The molecule has 0 saturated heterocycles. The van der Waals surface area contributed by atoms with Crippen molar-refractivity contribution in [3.05, 3.63) is 65.7 Å². The van der Waals surface area contributed by atoms with Crippen molar-refractivity contribution in [2.45, 2.75) is 24.3 Å². The van der Waals surface area contributed by atoms with E-state index in [1.54, 1.807) is 26.0 Å². The third-order valence-corrected chi connectivity index (χ3v) is 4.95. The van der Waals surface area contributed by atoms with Crippen molar-refractivity contribution in [1.82, 2.24) is 4.72 Å². The van der Waals surface area contributed by atoms with Gasteiger partial charge in [0.05, 0.1) is 10.4 Å². The summed E-state index contributed by atoms with van der Waals surface area (Å²) >= 11 is 0. The van der Waals surface area contributed by atoms with E-state index in [4.69, 9.17) is 0 Å². The molecule has 0 spiro atoms. The molecule has 5 heteroatoms. The van der Waals surface area contributed by atoms with Gasteiger partial charge in [-0.05, 0) is 25.5 Å². The average Bonchev–Trinajstić information content (AvgIpc) is 2.47. The molecule has 0 heterocycles. The Hall–Kier alpha value is -1.98. The highest BCUT2D eigenvalue weighted by Crippen LogP contribution is 2.23.